The van der Waals surface area contributed by atoms with Crippen LogP contribution >= 0.6 is 0 Å². The van der Waals surface area contributed by atoms with E-state index in [0.717, 1.165) is 4.68 Å². The summed E-state index contributed by atoms with van der Waals surface area (Å²) in [5, 5.41) is 24.1. The molecule has 14 heavy (non-hydrogen) atoms. The Bertz CT molecular complexity index is 384. The van der Waals surface area contributed by atoms with Gasteiger partial charge in [0.15, 0.2) is 5.69 Å². The average molecular weight is 199 g/mol. The molecule has 2 N–H and O–H groups in total. The van der Waals surface area contributed by atoms with Gasteiger partial charge in [-0.15, -0.1) is 5.10 Å². The van der Waals surface area contributed by atoms with Crippen molar-refractivity contribution in [2.45, 2.75) is 19.9 Å². The summed E-state index contributed by atoms with van der Waals surface area (Å²) in [5.74, 6) is -2.30. The Labute approximate surface area is 79.0 Å². The number of aromatic nitrogens is 3. The zero-order chi connectivity index (χ0) is 10.9. The van der Waals surface area contributed by atoms with Crippen LogP contribution in [0.5, 0.6) is 0 Å². The van der Waals surface area contributed by atoms with Crippen LogP contribution in [0.2, 0.25) is 0 Å². The first-order valence-corrected chi connectivity index (χ1v) is 3.83. The molecule has 0 spiro atoms. The molecule has 7 nitrogen and oxygen atoms in total. The fourth-order valence-corrected chi connectivity index (χ4v) is 1.01. The Morgan fingerprint density at radius 3 is 2.36 bits per heavy atom. The maximum absolute atomic E-state index is 10.6. The number of hydrogen-bond acceptors (Lipinski definition) is 4. The summed E-state index contributed by atoms with van der Waals surface area (Å²) in [6, 6.07) is -0.921. The van der Waals surface area contributed by atoms with E-state index in [9.17, 15) is 9.59 Å². The maximum Gasteiger partial charge on any atom is 0.358 e. The third-order valence-electron chi connectivity index (χ3n) is 1.85. The van der Waals surface area contributed by atoms with Crippen LogP contribution in [-0.4, -0.2) is 37.1 Å². The standard InChI is InChI=1S/C7H9N3O4/c1-3-5(7(13)14)8-9-10(3)4(2)6(11)12/h4H,1-2H3,(H,11,12)(H,13,14). The molecular weight excluding hydrogens is 190 g/mol. The predicted molar refractivity (Wildman–Crippen MR) is 44.1 cm³/mol. The zero-order valence-corrected chi connectivity index (χ0v) is 7.63. The van der Waals surface area contributed by atoms with E-state index in [1.165, 1.54) is 13.8 Å². The molecule has 0 fully saturated rings. The van der Waals surface area contributed by atoms with Crippen molar-refractivity contribution in [3.63, 3.8) is 0 Å². The first kappa shape index (κ1) is 10.2. The van der Waals surface area contributed by atoms with Crippen LogP contribution in [0.3, 0.4) is 0 Å². The van der Waals surface area contributed by atoms with Crippen molar-refractivity contribution >= 4 is 11.9 Å². The van der Waals surface area contributed by atoms with E-state index in [1.54, 1.807) is 0 Å². The summed E-state index contributed by atoms with van der Waals surface area (Å²) in [7, 11) is 0. The normalized spacial score (nSPS) is 12.4. The zero-order valence-electron chi connectivity index (χ0n) is 7.63. The lowest BCUT2D eigenvalue weighted by atomic mass is 10.3. The smallest absolute Gasteiger partial charge is 0.358 e. The molecule has 0 aliphatic heterocycles. The molecule has 0 amide bonds. The summed E-state index contributed by atoms with van der Waals surface area (Å²) in [6.07, 6.45) is 0. The van der Waals surface area contributed by atoms with Gasteiger partial charge in [-0.1, -0.05) is 5.21 Å². The van der Waals surface area contributed by atoms with Crippen molar-refractivity contribution in [1.82, 2.24) is 15.0 Å². The van der Waals surface area contributed by atoms with Gasteiger partial charge in [-0.25, -0.2) is 14.3 Å². The Morgan fingerprint density at radius 1 is 1.43 bits per heavy atom. The molecule has 1 heterocycles. The highest BCUT2D eigenvalue weighted by Gasteiger charge is 2.21. The molecule has 0 bridgehead atoms. The fourth-order valence-electron chi connectivity index (χ4n) is 1.01. The largest absolute Gasteiger partial charge is 0.480 e. The lowest BCUT2D eigenvalue weighted by Gasteiger charge is -2.06. The summed E-state index contributed by atoms with van der Waals surface area (Å²) in [4.78, 5) is 21.2. The summed E-state index contributed by atoms with van der Waals surface area (Å²) < 4.78 is 1.06. The van der Waals surface area contributed by atoms with Crippen molar-refractivity contribution in [2.75, 3.05) is 0 Å². The summed E-state index contributed by atoms with van der Waals surface area (Å²) in [5.41, 5.74) is 0.00509. The van der Waals surface area contributed by atoms with Gasteiger partial charge in [0.2, 0.25) is 0 Å². The van der Waals surface area contributed by atoms with Crippen molar-refractivity contribution in [3.8, 4) is 0 Å². The average Bonchev–Trinajstić information content (AvgIpc) is 2.45. The van der Waals surface area contributed by atoms with E-state index in [2.05, 4.69) is 10.3 Å². The van der Waals surface area contributed by atoms with Crippen molar-refractivity contribution in [1.29, 1.82) is 0 Å². The van der Waals surface area contributed by atoms with Crippen molar-refractivity contribution in [2.24, 2.45) is 0 Å². The lowest BCUT2D eigenvalue weighted by Crippen LogP contribution is -2.18. The van der Waals surface area contributed by atoms with E-state index in [0.29, 0.717) is 0 Å². The molecule has 7 heteroatoms. The summed E-state index contributed by atoms with van der Waals surface area (Å²) in [6.45, 7) is 2.86. The van der Waals surface area contributed by atoms with E-state index in [4.69, 9.17) is 10.2 Å². The maximum atomic E-state index is 10.6. The van der Waals surface area contributed by atoms with Gasteiger partial charge in [0.25, 0.3) is 0 Å². The van der Waals surface area contributed by atoms with Crippen LogP contribution in [0, 0.1) is 6.92 Å². The van der Waals surface area contributed by atoms with E-state index in [-0.39, 0.29) is 11.4 Å². The van der Waals surface area contributed by atoms with Crippen LogP contribution in [0.4, 0.5) is 0 Å². The van der Waals surface area contributed by atoms with Gasteiger partial charge < -0.3 is 10.2 Å². The molecule has 1 aromatic heterocycles. The van der Waals surface area contributed by atoms with Gasteiger partial charge in [0.1, 0.15) is 6.04 Å². The number of rotatable bonds is 3. The van der Waals surface area contributed by atoms with Crippen LogP contribution < -0.4 is 0 Å². The van der Waals surface area contributed by atoms with Gasteiger partial charge in [-0.2, -0.15) is 0 Å². The topological polar surface area (TPSA) is 105 Å². The number of aliphatic carboxylic acids is 1. The number of hydrogen-bond donors (Lipinski definition) is 2. The number of carboxylic acids is 2. The molecule has 76 valence electrons. The lowest BCUT2D eigenvalue weighted by molar-refractivity contribution is -0.140. The monoisotopic (exact) mass is 199 g/mol. The van der Waals surface area contributed by atoms with Crippen LogP contribution in [0.25, 0.3) is 0 Å². The highest BCUT2D eigenvalue weighted by molar-refractivity contribution is 5.86. The molecule has 0 saturated heterocycles. The number of carboxylic acid groups (broad SMARTS) is 2. The second kappa shape index (κ2) is 3.44. The summed E-state index contributed by atoms with van der Waals surface area (Å²) >= 11 is 0. The molecule has 0 aliphatic rings. The van der Waals surface area contributed by atoms with E-state index < -0.39 is 18.0 Å². The molecule has 1 atom stereocenters. The van der Waals surface area contributed by atoms with Crippen LogP contribution in [0.1, 0.15) is 29.1 Å². The minimum atomic E-state index is -1.22. The van der Waals surface area contributed by atoms with Gasteiger partial charge >= 0.3 is 11.9 Å². The molecule has 0 saturated carbocycles. The molecule has 0 aliphatic carbocycles. The second-order valence-electron chi connectivity index (χ2n) is 2.79. The molecular formula is C7H9N3O4. The third-order valence-corrected chi connectivity index (χ3v) is 1.85. The number of carbonyl (C=O) groups is 2. The van der Waals surface area contributed by atoms with Crippen molar-refractivity contribution in [3.05, 3.63) is 11.4 Å². The molecule has 1 rings (SSSR count). The Kier molecular flexibility index (Phi) is 2.50. The van der Waals surface area contributed by atoms with E-state index in [1.807, 2.05) is 0 Å². The quantitative estimate of drug-likeness (QED) is 0.705. The fraction of sp³-hybridized carbons (Fsp3) is 0.429. The minimum Gasteiger partial charge on any atom is -0.480 e. The van der Waals surface area contributed by atoms with Gasteiger partial charge in [-0.05, 0) is 13.8 Å². The minimum absolute atomic E-state index is 0.224. The molecule has 0 radical (unpaired) electrons. The molecule has 0 aromatic carbocycles. The van der Waals surface area contributed by atoms with E-state index >= 15 is 0 Å². The highest BCUT2D eigenvalue weighted by Crippen LogP contribution is 2.10. The van der Waals surface area contributed by atoms with Crippen molar-refractivity contribution < 1.29 is 19.8 Å². The number of nitrogens with zero attached hydrogens (tertiary/aromatic N) is 3. The molecule has 1 aromatic rings. The highest BCUT2D eigenvalue weighted by atomic mass is 16.4. The van der Waals surface area contributed by atoms with Crippen LogP contribution in [-0.2, 0) is 4.79 Å². The van der Waals surface area contributed by atoms with Gasteiger partial charge in [0.05, 0.1) is 5.69 Å². The third kappa shape index (κ3) is 1.56. The van der Waals surface area contributed by atoms with Crippen LogP contribution in [0.15, 0.2) is 0 Å². The number of aromatic carboxylic acids is 1. The first-order chi connectivity index (χ1) is 6.45. The Balaban J connectivity index is 3.13. The Morgan fingerprint density at radius 2 is 2.00 bits per heavy atom. The first-order valence-electron chi connectivity index (χ1n) is 3.83. The van der Waals surface area contributed by atoms with Gasteiger partial charge in [-0.3, -0.25) is 0 Å². The SMILES string of the molecule is Cc1c(C(=O)O)nnn1C(C)C(=O)O. The van der Waals surface area contributed by atoms with Gasteiger partial charge in [0, 0.05) is 0 Å². The predicted octanol–water partition coefficient (Wildman–Crippen LogP) is -0.0697. The Hall–Kier alpha value is -1.92. The molecule has 1 unspecified atom stereocenters. The second-order valence-corrected chi connectivity index (χ2v) is 2.79.